The molecule has 1 N–H and O–H groups in total. The van der Waals surface area contributed by atoms with E-state index in [1.165, 1.54) is 17.5 Å². The normalized spacial score (nSPS) is 17.2. The molecule has 110 valence electrons. The lowest BCUT2D eigenvalue weighted by Crippen LogP contribution is -2.18. The fraction of sp³-hybridized carbons (Fsp3) is 0.235. The summed E-state index contributed by atoms with van der Waals surface area (Å²) < 4.78 is 0. The first-order valence-corrected chi connectivity index (χ1v) is 7.82. The number of halogens is 1. The van der Waals surface area contributed by atoms with E-state index in [4.69, 9.17) is 11.6 Å². The van der Waals surface area contributed by atoms with Gasteiger partial charge in [0.1, 0.15) is 5.52 Å². The first-order valence-electron chi connectivity index (χ1n) is 7.44. The predicted molar refractivity (Wildman–Crippen MR) is 88.1 cm³/mol. The van der Waals surface area contributed by atoms with Crippen LogP contribution >= 0.6 is 11.6 Å². The Morgan fingerprint density at radius 3 is 2.95 bits per heavy atom. The van der Waals surface area contributed by atoms with Crippen LogP contribution in [0.1, 0.15) is 30.0 Å². The number of anilines is 1. The van der Waals surface area contributed by atoms with Crippen LogP contribution in [-0.4, -0.2) is 15.0 Å². The quantitative estimate of drug-likeness (QED) is 0.722. The molecule has 0 unspecified atom stereocenters. The van der Waals surface area contributed by atoms with E-state index in [2.05, 4.69) is 44.5 Å². The molecule has 1 atom stereocenters. The van der Waals surface area contributed by atoms with Crippen molar-refractivity contribution in [1.82, 2.24) is 15.0 Å². The largest absolute Gasteiger partial charge is 0.361 e. The molecular formula is C17H15ClN4. The van der Waals surface area contributed by atoms with Crippen molar-refractivity contribution in [3.05, 3.63) is 59.0 Å². The highest BCUT2D eigenvalue weighted by atomic mass is 35.5. The molecule has 0 amide bonds. The summed E-state index contributed by atoms with van der Waals surface area (Å²) in [4.78, 5) is 13.0. The molecule has 0 bridgehead atoms. The molecule has 1 aliphatic carbocycles. The number of hydrogen-bond acceptors (Lipinski definition) is 4. The van der Waals surface area contributed by atoms with Crippen molar-refractivity contribution in [2.75, 3.05) is 5.32 Å². The standard InChI is InChI=1S/C17H15ClN4/c18-17-21-14-9-4-10-19-15(14)16(22-17)20-13-8-3-6-11-5-1-2-7-12(11)13/h1-2,4-5,7,9-10,13H,3,6,8H2,(H,20,21,22)/t13-/m1/s1. The monoisotopic (exact) mass is 310 g/mol. The molecule has 0 aliphatic heterocycles. The zero-order valence-electron chi connectivity index (χ0n) is 12.0. The number of nitrogens with one attached hydrogen (secondary N) is 1. The average molecular weight is 311 g/mol. The molecule has 2 aromatic heterocycles. The van der Waals surface area contributed by atoms with Gasteiger partial charge >= 0.3 is 0 Å². The molecule has 2 heterocycles. The van der Waals surface area contributed by atoms with E-state index in [0.29, 0.717) is 5.82 Å². The topological polar surface area (TPSA) is 50.7 Å². The fourth-order valence-electron chi connectivity index (χ4n) is 3.11. The van der Waals surface area contributed by atoms with Gasteiger partial charge in [-0.15, -0.1) is 0 Å². The molecule has 1 aliphatic rings. The highest BCUT2D eigenvalue weighted by Crippen LogP contribution is 2.33. The van der Waals surface area contributed by atoms with Crippen LogP contribution in [0, 0.1) is 0 Å². The Kier molecular flexibility index (Phi) is 3.39. The second-order valence-electron chi connectivity index (χ2n) is 5.50. The number of rotatable bonds is 2. The van der Waals surface area contributed by atoms with Crippen LogP contribution in [0.15, 0.2) is 42.6 Å². The number of fused-ring (bicyclic) bond motifs is 2. The van der Waals surface area contributed by atoms with Gasteiger partial charge in [-0.3, -0.25) is 4.98 Å². The van der Waals surface area contributed by atoms with Crippen molar-refractivity contribution in [3.63, 3.8) is 0 Å². The smallest absolute Gasteiger partial charge is 0.225 e. The Morgan fingerprint density at radius 1 is 1.09 bits per heavy atom. The molecule has 0 saturated heterocycles. The van der Waals surface area contributed by atoms with Gasteiger partial charge in [-0.25, -0.2) is 4.98 Å². The number of pyridine rings is 1. The molecule has 0 radical (unpaired) electrons. The van der Waals surface area contributed by atoms with Crippen molar-refractivity contribution in [3.8, 4) is 0 Å². The number of aryl methyl sites for hydroxylation is 1. The third-order valence-corrected chi connectivity index (χ3v) is 4.28. The molecule has 0 fully saturated rings. The van der Waals surface area contributed by atoms with Crippen LogP contribution in [0.25, 0.3) is 11.0 Å². The Labute approximate surface area is 133 Å². The maximum absolute atomic E-state index is 6.05. The minimum atomic E-state index is 0.237. The summed E-state index contributed by atoms with van der Waals surface area (Å²) in [5.74, 6) is 0.706. The van der Waals surface area contributed by atoms with Gasteiger partial charge in [-0.1, -0.05) is 24.3 Å². The Hall–Kier alpha value is -2.20. The number of benzene rings is 1. The summed E-state index contributed by atoms with van der Waals surface area (Å²) in [5.41, 5.74) is 4.26. The summed E-state index contributed by atoms with van der Waals surface area (Å²) in [6, 6.07) is 12.6. The molecule has 4 nitrogen and oxygen atoms in total. The Morgan fingerprint density at radius 2 is 2.00 bits per heavy atom. The van der Waals surface area contributed by atoms with Gasteiger partial charge in [0.2, 0.25) is 5.28 Å². The maximum Gasteiger partial charge on any atom is 0.225 e. The maximum atomic E-state index is 6.05. The van der Waals surface area contributed by atoms with Crippen LogP contribution in [0.5, 0.6) is 0 Å². The summed E-state index contributed by atoms with van der Waals surface area (Å²) in [6.45, 7) is 0. The third kappa shape index (κ3) is 2.40. The molecule has 5 heteroatoms. The SMILES string of the molecule is Clc1nc(N[C@@H]2CCCc3ccccc32)c2ncccc2n1. The van der Waals surface area contributed by atoms with Gasteiger partial charge in [0.15, 0.2) is 5.82 Å². The summed E-state index contributed by atoms with van der Waals surface area (Å²) >= 11 is 6.05. The molecule has 0 saturated carbocycles. The molecule has 22 heavy (non-hydrogen) atoms. The highest BCUT2D eigenvalue weighted by Gasteiger charge is 2.21. The van der Waals surface area contributed by atoms with E-state index in [1.54, 1.807) is 6.20 Å². The number of hydrogen-bond donors (Lipinski definition) is 1. The molecule has 0 spiro atoms. The van der Waals surface area contributed by atoms with E-state index in [0.717, 1.165) is 23.9 Å². The van der Waals surface area contributed by atoms with Gasteiger partial charge in [-0.05, 0) is 54.1 Å². The second-order valence-corrected chi connectivity index (χ2v) is 5.84. The van der Waals surface area contributed by atoms with Crippen LogP contribution in [0.3, 0.4) is 0 Å². The summed E-state index contributed by atoms with van der Waals surface area (Å²) in [7, 11) is 0. The highest BCUT2D eigenvalue weighted by molar-refractivity contribution is 6.28. The van der Waals surface area contributed by atoms with Gasteiger partial charge in [-0.2, -0.15) is 4.98 Å². The van der Waals surface area contributed by atoms with Crippen molar-refractivity contribution in [1.29, 1.82) is 0 Å². The van der Waals surface area contributed by atoms with E-state index < -0.39 is 0 Å². The van der Waals surface area contributed by atoms with E-state index in [-0.39, 0.29) is 11.3 Å². The molecular weight excluding hydrogens is 296 g/mol. The fourth-order valence-corrected chi connectivity index (χ4v) is 3.28. The Balaban J connectivity index is 1.76. The zero-order valence-corrected chi connectivity index (χ0v) is 12.7. The first-order chi connectivity index (χ1) is 10.8. The molecule has 1 aromatic carbocycles. The average Bonchev–Trinajstić information content (AvgIpc) is 2.55. The van der Waals surface area contributed by atoms with Crippen LogP contribution in [0.4, 0.5) is 5.82 Å². The summed E-state index contributed by atoms with van der Waals surface area (Å²) in [6.07, 6.45) is 5.13. The predicted octanol–water partition coefficient (Wildman–Crippen LogP) is 4.17. The van der Waals surface area contributed by atoms with E-state index >= 15 is 0 Å². The first kappa shape index (κ1) is 13.5. The summed E-state index contributed by atoms with van der Waals surface area (Å²) in [5, 5.41) is 3.77. The van der Waals surface area contributed by atoms with E-state index in [1.807, 2.05) is 12.1 Å². The van der Waals surface area contributed by atoms with Crippen LogP contribution in [-0.2, 0) is 6.42 Å². The van der Waals surface area contributed by atoms with Gasteiger partial charge in [0.25, 0.3) is 0 Å². The van der Waals surface area contributed by atoms with Gasteiger partial charge in [0.05, 0.1) is 11.6 Å². The van der Waals surface area contributed by atoms with Gasteiger partial charge < -0.3 is 5.32 Å². The number of nitrogens with zero attached hydrogens (tertiary/aromatic N) is 3. The minimum Gasteiger partial charge on any atom is -0.361 e. The molecule has 4 rings (SSSR count). The Bertz CT molecular complexity index is 834. The van der Waals surface area contributed by atoms with Crippen molar-refractivity contribution in [2.24, 2.45) is 0 Å². The third-order valence-electron chi connectivity index (χ3n) is 4.11. The zero-order chi connectivity index (χ0) is 14.9. The molecule has 3 aromatic rings. The van der Waals surface area contributed by atoms with Crippen molar-refractivity contribution in [2.45, 2.75) is 25.3 Å². The van der Waals surface area contributed by atoms with E-state index in [9.17, 15) is 0 Å². The lowest BCUT2D eigenvalue weighted by molar-refractivity contribution is 0.599. The van der Waals surface area contributed by atoms with Gasteiger partial charge in [0, 0.05) is 6.20 Å². The number of aromatic nitrogens is 3. The van der Waals surface area contributed by atoms with Crippen LogP contribution < -0.4 is 5.32 Å². The lowest BCUT2D eigenvalue weighted by Gasteiger charge is -2.27. The van der Waals surface area contributed by atoms with Crippen molar-refractivity contribution < 1.29 is 0 Å². The van der Waals surface area contributed by atoms with Crippen molar-refractivity contribution >= 4 is 28.5 Å². The lowest BCUT2D eigenvalue weighted by atomic mass is 9.88. The minimum absolute atomic E-state index is 0.237. The van der Waals surface area contributed by atoms with Crippen LogP contribution in [0.2, 0.25) is 5.28 Å². The second kappa shape index (κ2) is 5.54.